The predicted molar refractivity (Wildman–Crippen MR) is 131 cm³/mol. The Morgan fingerprint density at radius 3 is 1.76 bits per heavy atom. The van der Waals surface area contributed by atoms with Crippen LogP contribution in [0.25, 0.3) is 0 Å². The third kappa shape index (κ3) is 5.28. The summed E-state index contributed by atoms with van der Waals surface area (Å²) in [6.45, 7) is 0. The summed E-state index contributed by atoms with van der Waals surface area (Å²) >= 11 is 6.05. The molecule has 0 saturated heterocycles. The summed E-state index contributed by atoms with van der Waals surface area (Å²) in [6.07, 6.45) is 0.916. The monoisotopic (exact) mass is 436 g/mol. The van der Waals surface area contributed by atoms with Gasteiger partial charge in [-0.3, -0.25) is 0 Å². The Morgan fingerprint density at radius 1 is 0.586 bits per heavy atom. The minimum absolute atomic E-state index is 0. The molecule has 146 valence electrons. The van der Waals surface area contributed by atoms with E-state index in [0.717, 1.165) is 6.42 Å². The van der Waals surface area contributed by atoms with E-state index in [9.17, 15) is 0 Å². The largest absolute Gasteiger partial charge is 0.147 e. The molecule has 0 aliphatic rings. The Bertz CT molecular complexity index is 993. The van der Waals surface area contributed by atoms with Crippen molar-refractivity contribution in [3.05, 3.63) is 126 Å². The molecule has 0 bridgehead atoms. The van der Waals surface area contributed by atoms with Crippen LogP contribution in [0.4, 0.5) is 0 Å². The van der Waals surface area contributed by atoms with Crippen LogP contribution < -0.4 is 15.9 Å². The van der Waals surface area contributed by atoms with Crippen molar-refractivity contribution in [3.8, 4) is 0 Å². The predicted octanol–water partition coefficient (Wildman–Crippen LogP) is 6.20. The summed E-state index contributed by atoms with van der Waals surface area (Å²) in [4.78, 5) is 0. The third-order valence-electron chi connectivity index (χ3n) is 4.80. The second-order valence-corrected chi connectivity index (χ2v) is 9.22. The number of alkyl halides is 1. The van der Waals surface area contributed by atoms with E-state index in [1.54, 1.807) is 0 Å². The van der Waals surface area contributed by atoms with Crippen molar-refractivity contribution in [2.75, 3.05) is 0 Å². The lowest BCUT2D eigenvalue weighted by atomic mass is 10.0. The zero-order chi connectivity index (χ0) is 19.2. The summed E-state index contributed by atoms with van der Waals surface area (Å²) in [5.74, 6) is 0.552. The van der Waals surface area contributed by atoms with Gasteiger partial charge in [0.05, 0.1) is 0 Å². The van der Waals surface area contributed by atoms with Gasteiger partial charge in [0, 0.05) is 5.88 Å². The van der Waals surface area contributed by atoms with Gasteiger partial charge >= 0.3 is 0 Å². The molecule has 0 amide bonds. The maximum Gasteiger partial charge on any atom is 0.0474 e. The van der Waals surface area contributed by atoms with Gasteiger partial charge in [0.15, 0.2) is 0 Å². The van der Waals surface area contributed by atoms with Gasteiger partial charge in [-0.2, -0.15) is 0 Å². The van der Waals surface area contributed by atoms with E-state index >= 15 is 0 Å². The van der Waals surface area contributed by atoms with E-state index in [1.807, 2.05) is 0 Å². The Balaban J connectivity index is 0.00000240. The SMILES string of the molecule is Cl.ClCc1cccc(Cc2ccccc2P(c2ccccc2)c2ccccc2)c1. The van der Waals surface area contributed by atoms with Gasteiger partial charge in [0.25, 0.3) is 0 Å². The molecule has 4 aromatic rings. The molecule has 0 N–H and O–H groups in total. The molecule has 0 aliphatic carbocycles. The van der Waals surface area contributed by atoms with Crippen molar-refractivity contribution in [1.82, 2.24) is 0 Å². The topological polar surface area (TPSA) is 0 Å². The van der Waals surface area contributed by atoms with E-state index in [-0.39, 0.29) is 12.4 Å². The molecule has 0 radical (unpaired) electrons. The maximum absolute atomic E-state index is 6.05. The first-order chi connectivity index (χ1) is 13.8. The number of rotatable bonds is 6. The Morgan fingerprint density at radius 2 is 1.14 bits per heavy atom. The van der Waals surface area contributed by atoms with Crippen molar-refractivity contribution in [1.29, 1.82) is 0 Å². The summed E-state index contributed by atoms with van der Waals surface area (Å²) in [5, 5.41) is 4.18. The molecule has 4 rings (SSSR count). The van der Waals surface area contributed by atoms with Crippen LogP contribution in [0.1, 0.15) is 16.7 Å². The fraction of sp³-hybridized carbons (Fsp3) is 0.0769. The number of benzene rings is 4. The highest BCUT2D eigenvalue weighted by Crippen LogP contribution is 2.34. The molecule has 29 heavy (non-hydrogen) atoms. The second-order valence-electron chi connectivity index (χ2n) is 6.77. The first-order valence-electron chi connectivity index (χ1n) is 9.47. The van der Waals surface area contributed by atoms with E-state index in [1.165, 1.54) is 32.6 Å². The van der Waals surface area contributed by atoms with Gasteiger partial charge in [-0.1, -0.05) is 109 Å². The van der Waals surface area contributed by atoms with Crippen molar-refractivity contribution in [2.24, 2.45) is 0 Å². The zero-order valence-electron chi connectivity index (χ0n) is 16.0. The summed E-state index contributed by atoms with van der Waals surface area (Å²) in [5.41, 5.74) is 3.86. The van der Waals surface area contributed by atoms with Crippen LogP contribution in [0.3, 0.4) is 0 Å². The van der Waals surface area contributed by atoms with Gasteiger partial charge in [-0.15, -0.1) is 24.0 Å². The summed E-state index contributed by atoms with van der Waals surface area (Å²) in [7, 11) is -0.600. The number of hydrogen-bond acceptors (Lipinski definition) is 0. The summed E-state index contributed by atoms with van der Waals surface area (Å²) < 4.78 is 0. The molecule has 0 heterocycles. The first-order valence-corrected chi connectivity index (χ1v) is 11.3. The van der Waals surface area contributed by atoms with Gasteiger partial charge in [-0.05, 0) is 46.9 Å². The molecule has 0 spiro atoms. The molecule has 0 nitrogen and oxygen atoms in total. The van der Waals surface area contributed by atoms with Crippen LogP contribution in [-0.4, -0.2) is 0 Å². The molecule has 0 aliphatic heterocycles. The molecular formula is C26H23Cl2P. The highest BCUT2D eigenvalue weighted by atomic mass is 35.5. The quantitative estimate of drug-likeness (QED) is 0.249. The minimum Gasteiger partial charge on any atom is -0.147 e. The molecule has 0 fully saturated rings. The van der Waals surface area contributed by atoms with Crippen molar-refractivity contribution in [2.45, 2.75) is 12.3 Å². The van der Waals surface area contributed by atoms with Crippen LogP contribution in [0.15, 0.2) is 109 Å². The zero-order valence-corrected chi connectivity index (χ0v) is 18.5. The number of hydrogen-bond donors (Lipinski definition) is 0. The summed E-state index contributed by atoms with van der Waals surface area (Å²) in [6, 6.07) is 39.2. The highest BCUT2D eigenvalue weighted by molar-refractivity contribution is 7.79. The fourth-order valence-electron chi connectivity index (χ4n) is 3.50. The van der Waals surface area contributed by atoms with E-state index < -0.39 is 7.92 Å². The van der Waals surface area contributed by atoms with Crippen molar-refractivity contribution >= 4 is 47.8 Å². The lowest BCUT2D eigenvalue weighted by Gasteiger charge is -2.22. The highest BCUT2D eigenvalue weighted by Gasteiger charge is 2.19. The minimum atomic E-state index is -0.600. The van der Waals surface area contributed by atoms with Gasteiger partial charge < -0.3 is 0 Å². The Labute approximate surface area is 185 Å². The van der Waals surface area contributed by atoms with E-state index in [2.05, 4.69) is 109 Å². The van der Waals surface area contributed by atoms with Gasteiger partial charge in [0.2, 0.25) is 0 Å². The molecule has 0 atom stereocenters. The normalized spacial score (nSPS) is 10.6. The van der Waals surface area contributed by atoms with Crippen LogP contribution in [0.2, 0.25) is 0 Å². The smallest absolute Gasteiger partial charge is 0.0474 e. The van der Waals surface area contributed by atoms with E-state index in [4.69, 9.17) is 11.6 Å². The molecular weight excluding hydrogens is 414 g/mol. The van der Waals surface area contributed by atoms with Crippen LogP contribution in [-0.2, 0) is 12.3 Å². The second kappa shape index (κ2) is 10.6. The third-order valence-corrected chi connectivity index (χ3v) is 7.66. The lowest BCUT2D eigenvalue weighted by Crippen LogP contribution is -2.23. The van der Waals surface area contributed by atoms with Crippen molar-refractivity contribution < 1.29 is 0 Å². The first kappa shape index (κ1) is 21.6. The molecule has 3 heteroatoms. The molecule has 4 aromatic carbocycles. The average molecular weight is 437 g/mol. The van der Waals surface area contributed by atoms with Crippen LogP contribution in [0, 0.1) is 0 Å². The number of halogens is 2. The Kier molecular flexibility index (Phi) is 7.90. The van der Waals surface area contributed by atoms with Crippen LogP contribution in [0.5, 0.6) is 0 Å². The van der Waals surface area contributed by atoms with Crippen LogP contribution >= 0.6 is 31.9 Å². The van der Waals surface area contributed by atoms with Crippen molar-refractivity contribution in [3.63, 3.8) is 0 Å². The van der Waals surface area contributed by atoms with Gasteiger partial charge in [0.1, 0.15) is 0 Å². The molecule has 0 unspecified atom stereocenters. The molecule has 0 aromatic heterocycles. The maximum atomic E-state index is 6.05. The Hall–Kier alpha value is -2.11. The van der Waals surface area contributed by atoms with Gasteiger partial charge in [-0.25, -0.2) is 0 Å². The standard InChI is InChI=1S/C26H22ClP.ClH/c27-20-22-11-9-10-21(18-22)19-23-12-7-8-17-26(23)28(24-13-3-1-4-14-24)25-15-5-2-6-16-25;/h1-18H,19-20H2;1H. The fourth-order valence-corrected chi connectivity index (χ4v) is 6.14. The average Bonchev–Trinajstić information content (AvgIpc) is 2.77. The lowest BCUT2D eigenvalue weighted by molar-refractivity contribution is 1.19. The molecule has 0 saturated carbocycles. The van der Waals surface area contributed by atoms with E-state index in [0.29, 0.717) is 5.88 Å².